The van der Waals surface area contributed by atoms with Crippen molar-refractivity contribution in [2.75, 3.05) is 19.6 Å². The molecule has 4 nitrogen and oxygen atoms in total. The van der Waals surface area contributed by atoms with Gasteiger partial charge in [0.2, 0.25) is 5.91 Å². The van der Waals surface area contributed by atoms with E-state index in [1.165, 1.54) is 36.9 Å². The minimum absolute atomic E-state index is 0.0469. The SMILES string of the molecule is O=C1[C@@H](c2ccccc2)CC2(CCN(Cc3cscn3)CC2)CN1C1CC1. The fourth-order valence-corrected chi connectivity index (χ4v) is 5.51. The molecule has 1 saturated carbocycles. The second kappa shape index (κ2) is 7.02. The van der Waals surface area contributed by atoms with Crippen molar-refractivity contribution in [3.05, 3.63) is 52.5 Å². The molecule has 5 rings (SSSR count). The topological polar surface area (TPSA) is 36.4 Å². The highest BCUT2D eigenvalue weighted by Gasteiger charge is 2.49. The number of benzene rings is 1. The molecule has 1 amide bonds. The van der Waals surface area contributed by atoms with Crippen molar-refractivity contribution < 1.29 is 4.79 Å². The second-order valence-corrected chi connectivity index (χ2v) is 9.34. The van der Waals surface area contributed by atoms with Gasteiger partial charge in [0.05, 0.1) is 17.1 Å². The predicted octanol–water partition coefficient (Wildman–Crippen LogP) is 3.90. The Hall–Kier alpha value is -1.72. The van der Waals surface area contributed by atoms with E-state index in [1.54, 1.807) is 11.3 Å². The minimum atomic E-state index is 0.0469. The quantitative estimate of drug-likeness (QED) is 0.806. The molecule has 3 fully saturated rings. The number of likely N-dealkylation sites (tertiary alicyclic amines) is 2. The van der Waals surface area contributed by atoms with Crippen LogP contribution in [0.4, 0.5) is 0 Å². The molecule has 0 N–H and O–H groups in total. The van der Waals surface area contributed by atoms with Gasteiger partial charge in [-0.05, 0) is 56.2 Å². The van der Waals surface area contributed by atoms with Crippen LogP contribution in [0, 0.1) is 5.41 Å². The molecular formula is C22H27N3OS. The fraction of sp³-hybridized carbons (Fsp3) is 0.545. The number of aromatic nitrogens is 1. The van der Waals surface area contributed by atoms with E-state index in [4.69, 9.17) is 0 Å². The lowest BCUT2D eigenvalue weighted by atomic mass is 9.67. The number of piperidine rings is 2. The maximum Gasteiger partial charge on any atom is 0.230 e. The predicted molar refractivity (Wildman–Crippen MR) is 108 cm³/mol. The van der Waals surface area contributed by atoms with E-state index in [-0.39, 0.29) is 11.3 Å². The number of hydrogen-bond donors (Lipinski definition) is 0. The van der Waals surface area contributed by atoms with Crippen LogP contribution in [0.5, 0.6) is 0 Å². The highest BCUT2D eigenvalue weighted by Crippen LogP contribution is 2.48. The average molecular weight is 382 g/mol. The summed E-state index contributed by atoms with van der Waals surface area (Å²) in [6.07, 6.45) is 5.79. The van der Waals surface area contributed by atoms with E-state index < -0.39 is 0 Å². The van der Waals surface area contributed by atoms with Gasteiger partial charge in [-0.2, -0.15) is 0 Å². The van der Waals surface area contributed by atoms with Gasteiger partial charge in [-0.25, -0.2) is 4.98 Å². The third kappa shape index (κ3) is 3.55. The number of amides is 1. The molecule has 2 aliphatic heterocycles. The van der Waals surface area contributed by atoms with E-state index in [9.17, 15) is 4.79 Å². The zero-order chi connectivity index (χ0) is 18.3. The Morgan fingerprint density at radius 2 is 1.93 bits per heavy atom. The highest BCUT2D eigenvalue weighted by molar-refractivity contribution is 7.07. The van der Waals surface area contributed by atoms with Crippen molar-refractivity contribution in [1.82, 2.24) is 14.8 Å². The normalized spacial score (nSPS) is 25.9. The molecule has 27 heavy (non-hydrogen) atoms. The molecule has 3 aliphatic rings. The smallest absolute Gasteiger partial charge is 0.230 e. The number of carbonyl (C=O) groups excluding carboxylic acids is 1. The number of nitrogens with zero attached hydrogens (tertiary/aromatic N) is 3. The first-order valence-electron chi connectivity index (χ1n) is 10.2. The van der Waals surface area contributed by atoms with Gasteiger partial charge in [0.1, 0.15) is 0 Å². The Labute approximate surface area is 165 Å². The molecule has 1 atom stereocenters. The van der Waals surface area contributed by atoms with Crippen molar-refractivity contribution in [2.45, 2.75) is 50.6 Å². The van der Waals surface area contributed by atoms with E-state index >= 15 is 0 Å². The molecule has 0 unspecified atom stereocenters. The molecule has 0 bridgehead atoms. The van der Waals surface area contributed by atoms with Gasteiger partial charge in [-0.3, -0.25) is 9.69 Å². The molecule has 2 aromatic rings. The Morgan fingerprint density at radius 1 is 1.15 bits per heavy atom. The number of carbonyl (C=O) groups is 1. The van der Waals surface area contributed by atoms with E-state index in [1.807, 2.05) is 11.6 Å². The third-order valence-electron chi connectivity index (χ3n) is 6.70. The Balaban J connectivity index is 1.33. The Morgan fingerprint density at radius 3 is 2.59 bits per heavy atom. The van der Waals surface area contributed by atoms with Gasteiger partial charge < -0.3 is 4.90 Å². The lowest BCUT2D eigenvalue weighted by Crippen LogP contribution is -2.54. The summed E-state index contributed by atoms with van der Waals surface area (Å²) in [5, 5.41) is 2.16. The summed E-state index contributed by atoms with van der Waals surface area (Å²) in [5.41, 5.74) is 4.61. The van der Waals surface area contributed by atoms with Crippen molar-refractivity contribution >= 4 is 17.2 Å². The highest BCUT2D eigenvalue weighted by atomic mass is 32.1. The summed E-state index contributed by atoms with van der Waals surface area (Å²) in [6.45, 7) is 4.18. The molecule has 3 heterocycles. The molecular weight excluding hydrogens is 354 g/mol. The molecule has 0 radical (unpaired) electrons. The number of thiazole rings is 1. The summed E-state index contributed by atoms with van der Waals surface area (Å²) in [4.78, 5) is 22.4. The maximum absolute atomic E-state index is 13.2. The molecule has 1 aromatic heterocycles. The number of hydrogen-bond acceptors (Lipinski definition) is 4. The van der Waals surface area contributed by atoms with Crippen LogP contribution in [0.2, 0.25) is 0 Å². The van der Waals surface area contributed by atoms with Crippen LogP contribution >= 0.6 is 11.3 Å². The third-order valence-corrected chi connectivity index (χ3v) is 7.33. The molecule has 5 heteroatoms. The van der Waals surface area contributed by atoms with Crippen molar-refractivity contribution in [3.8, 4) is 0 Å². The Bertz CT molecular complexity index is 779. The summed E-state index contributed by atoms with van der Waals surface area (Å²) in [5.74, 6) is 0.421. The lowest BCUT2D eigenvalue weighted by Gasteiger charge is -2.50. The fourth-order valence-electron chi connectivity index (χ4n) is 4.96. The monoisotopic (exact) mass is 381 g/mol. The molecule has 1 spiro atoms. The van der Waals surface area contributed by atoms with Gasteiger partial charge in [0, 0.05) is 24.5 Å². The van der Waals surface area contributed by atoms with Crippen molar-refractivity contribution in [2.24, 2.45) is 5.41 Å². The first kappa shape index (κ1) is 17.4. The van der Waals surface area contributed by atoms with Crippen LogP contribution in [0.15, 0.2) is 41.2 Å². The van der Waals surface area contributed by atoms with Gasteiger partial charge in [-0.15, -0.1) is 11.3 Å². The molecule has 142 valence electrons. The zero-order valence-electron chi connectivity index (χ0n) is 15.7. The summed E-state index contributed by atoms with van der Waals surface area (Å²) >= 11 is 1.68. The van der Waals surface area contributed by atoms with Crippen LogP contribution in [-0.2, 0) is 11.3 Å². The summed E-state index contributed by atoms with van der Waals surface area (Å²) in [7, 11) is 0. The minimum Gasteiger partial charge on any atom is -0.339 e. The van der Waals surface area contributed by atoms with E-state index in [0.29, 0.717) is 11.9 Å². The summed E-state index contributed by atoms with van der Waals surface area (Å²) in [6, 6.07) is 11.0. The summed E-state index contributed by atoms with van der Waals surface area (Å²) < 4.78 is 0. The van der Waals surface area contributed by atoms with Crippen LogP contribution in [0.1, 0.15) is 49.3 Å². The van der Waals surface area contributed by atoms with Gasteiger partial charge >= 0.3 is 0 Å². The molecule has 1 aromatic carbocycles. The molecule has 2 saturated heterocycles. The van der Waals surface area contributed by atoms with Crippen LogP contribution in [-0.4, -0.2) is 46.4 Å². The Kier molecular flexibility index (Phi) is 4.52. The lowest BCUT2D eigenvalue weighted by molar-refractivity contribution is -0.142. The van der Waals surface area contributed by atoms with Crippen LogP contribution < -0.4 is 0 Å². The maximum atomic E-state index is 13.2. The van der Waals surface area contributed by atoms with Crippen molar-refractivity contribution in [1.29, 1.82) is 0 Å². The molecule has 1 aliphatic carbocycles. The van der Waals surface area contributed by atoms with E-state index in [0.717, 1.165) is 32.6 Å². The standard InChI is InChI=1S/C22H27N3OS/c26-21-20(17-4-2-1-3-5-17)12-22(15-25(21)19-6-7-19)8-10-24(11-9-22)13-18-14-27-16-23-18/h1-5,14,16,19-20H,6-13,15H2/t20-/m1/s1. The van der Waals surface area contributed by atoms with Crippen molar-refractivity contribution in [3.63, 3.8) is 0 Å². The van der Waals surface area contributed by atoms with Gasteiger partial charge in [0.15, 0.2) is 0 Å². The van der Waals surface area contributed by atoms with Gasteiger partial charge in [-0.1, -0.05) is 30.3 Å². The zero-order valence-corrected chi connectivity index (χ0v) is 16.5. The largest absolute Gasteiger partial charge is 0.339 e. The average Bonchev–Trinajstić information content (AvgIpc) is 3.43. The van der Waals surface area contributed by atoms with Crippen LogP contribution in [0.3, 0.4) is 0 Å². The number of rotatable bonds is 4. The van der Waals surface area contributed by atoms with Crippen LogP contribution in [0.25, 0.3) is 0 Å². The second-order valence-electron chi connectivity index (χ2n) is 8.62. The van der Waals surface area contributed by atoms with E-state index in [2.05, 4.69) is 44.4 Å². The first-order chi connectivity index (χ1) is 13.2. The van der Waals surface area contributed by atoms with Gasteiger partial charge in [0.25, 0.3) is 0 Å². The first-order valence-corrected chi connectivity index (χ1v) is 11.1.